The molecular weight excluding hydrogens is 559 g/mol. The van der Waals surface area contributed by atoms with Gasteiger partial charge in [0.05, 0.1) is 12.6 Å². The standard InChI is InChI=1S/C34H45BN2O7/c35-33-32(31(40)29(23-38)43-33)42-21-11-2-1-9-19-36-30(39)16-4-3-10-20-37-34(41)44-28-22-26-14-6-5-12-24(26)17-18-25-13-7-8-15-27(25)28/h5-8,12-15,28-29,31-33,38,40H,1-4,9-11,16,19-23,35H2,(H,36,39)(H,37,41)/t28?,29-,31?,32+,33-/m1/s1. The summed E-state index contributed by atoms with van der Waals surface area (Å²) in [4.78, 5) is 24.8. The number of aliphatic hydroxyl groups is 2. The quantitative estimate of drug-likeness (QED) is 0.132. The van der Waals surface area contributed by atoms with E-state index >= 15 is 0 Å². The van der Waals surface area contributed by atoms with Crippen LogP contribution in [0.2, 0.25) is 0 Å². The van der Waals surface area contributed by atoms with Gasteiger partial charge in [0, 0.05) is 49.2 Å². The summed E-state index contributed by atoms with van der Waals surface area (Å²) in [5.41, 5.74) is 3.78. The van der Waals surface area contributed by atoms with Gasteiger partial charge in [-0.25, -0.2) is 4.79 Å². The van der Waals surface area contributed by atoms with Crippen LogP contribution in [0.15, 0.2) is 48.5 Å². The molecular formula is C34H45BN2O7. The Morgan fingerprint density at radius 3 is 2.39 bits per heavy atom. The second-order valence-electron chi connectivity index (χ2n) is 11.5. The van der Waals surface area contributed by atoms with Crippen molar-refractivity contribution >= 4 is 19.8 Å². The summed E-state index contributed by atoms with van der Waals surface area (Å²) in [7, 11) is 1.84. The zero-order chi connectivity index (χ0) is 31.1. The number of alkyl carbamates (subject to hydrolysis) is 1. The van der Waals surface area contributed by atoms with Crippen molar-refractivity contribution in [3.63, 3.8) is 0 Å². The van der Waals surface area contributed by atoms with Crippen molar-refractivity contribution in [1.29, 1.82) is 0 Å². The van der Waals surface area contributed by atoms with E-state index < -0.39 is 30.5 Å². The molecule has 9 nitrogen and oxygen atoms in total. The molecule has 2 unspecified atom stereocenters. The van der Waals surface area contributed by atoms with Gasteiger partial charge in [-0.05, 0) is 43.4 Å². The molecule has 1 aliphatic carbocycles. The number of hydrogen-bond donors (Lipinski definition) is 4. The first kappa shape index (κ1) is 33.5. The van der Waals surface area contributed by atoms with E-state index in [1.54, 1.807) is 0 Å². The second kappa shape index (κ2) is 17.8. The van der Waals surface area contributed by atoms with Gasteiger partial charge >= 0.3 is 6.09 Å². The first-order valence-corrected chi connectivity index (χ1v) is 15.9. The molecule has 1 saturated heterocycles. The Hall–Kier alpha value is -3.36. The van der Waals surface area contributed by atoms with Crippen LogP contribution in [0.1, 0.15) is 79.7 Å². The average Bonchev–Trinajstić information content (AvgIpc) is 3.30. The minimum atomic E-state index is -0.798. The van der Waals surface area contributed by atoms with Gasteiger partial charge in [-0.1, -0.05) is 67.5 Å². The number of fused-ring (bicyclic) bond motifs is 2. The summed E-state index contributed by atoms with van der Waals surface area (Å²) in [5, 5.41) is 25.2. The van der Waals surface area contributed by atoms with Crippen LogP contribution in [-0.2, 0) is 25.4 Å². The van der Waals surface area contributed by atoms with Gasteiger partial charge in [0.15, 0.2) is 0 Å². The zero-order valence-corrected chi connectivity index (χ0v) is 25.6. The Morgan fingerprint density at radius 1 is 0.909 bits per heavy atom. The van der Waals surface area contributed by atoms with Crippen LogP contribution in [0.5, 0.6) is 0 Å². The lowest BCUT2D eigenvalue weighted by molar-refractivity contribution is -0.121. The van der Waals surface area contributed by atoms with Crippen molar-refractivity contribution in [1.82, 2.24) is 10.6 Å². The van der Waals surface area contributed by atoms with Crippen LogP contribution >= 0.6 is 0 Å². The molecule has 2 amide bonds. The van der Waals surface area contributed by atoms with Crippen molar-refractivity contribution in [2.24, 2.45) is 0 Å². The van der Waals surface area contributed by atoms with Gasteiger partial charge < -0.3 is 35.1 Å². The Morgan fingerprint density at radius 2 is 1.59 bits per heavy atom. The molecule has 4 N–H and O–H groups in total. The molecule has 0 aromatic heterocycles. The highest BCUT2D eigenvalue weighted by Gasteiger charge is 2.41. The van der Waals surface area contributed by atoms with E-state index in [0.717, 1.165) is 67.2 Å². The van der Waals surface area contributed by atoms with Crippen LogP contribution in [0, 0.1) is 11.8 Å². The van der Waals surface area contributed by atoms with E-state index in [4.69, 9.17) is 14.2 Å². The number of nitrogens with one attached hydrogen (secondary N) is 2. The fourth-order valence-corrected chi connectivity index (χ4v) is 5.63. The lowest BCUT2D eigenvalue weighted by atomic mass is 9.92. The van der Waals surface area contributed by atoms with Gasteiger partial charge in [0.1, 0.15) is 32.3 Å². The molecule has 1 aliphatic heterocycles. The van der Waals surface area contributed by atoms with E-state index in [1.165, 1.54) is 0 Å². The highest BCUT2D eigenvalue weighted by atomic mass is 16.6. The smallest absolute Gasteiger partial charge is 0.407 e. The number of unbranched alkanes of at least 4 members (excludes halogenated alkanes) is 5. The molecule has 1 fully saturated rings. The third-order valence-electron chi connectivity index (χ3n) is 8.11. The van der Waals surface area contributed by atoms with E-state index in [-0.39, 0.29) is 18.5 Å². The molecule has 2 aliphatic rings. The van der Waals surface area contributed by atoms with Crippen molar-refractivity contribution < 1.29 is 34.0 Å². The van der Waals surface area contributed by atoms with Gasteiger partial charge in [-0.2, -0.15) is 0 Å². The molecule has 2 aromatic carbocycles. The maximum Gasteiger partial charge on any atom is 0.407 e. The topological polar surface area (TPSA) is 126 Å². The van der Waals surface area contributed by atoms with Crippen molar-refractivity contribution in [2.75, 3.05) is 26.3 Å². The summed E-state index contributed by atoms with van der Waals surface area (Å²) in [6, 6.07) is 15.5. The molecule has 0 spiro atoms. The van der Waals surface area contributed by atoms with Crippen molar-refractivity contribution in [2.45, 2.75) is 88.2 Å². The third-order valence-corrected chi connectivity index (χ3v) is 8.11. The molecule has 10 heteroatoms. The number of rotatable bonds is 16. The molecule has 236 valence electrons. The van der Waals surface area contributed by atoms with Crippen molar-refractivity contribution in [3.8, 4) is 11.8 Å². The number of carbonyl (C=O) groups is 2. The highest BCUT2D eigenvalue weighted by molar-refractivity contribution is 6.11. The fourth-order valence-electron chi connectivity index (χ4n) is 5.63. The molecule has 2 aromatic rings. The van der Waals surface area contributed by atoms with Crippen LogP contribution in [0.25, 0.3) is 0 Å². The maximum absolute atomic E-state index is 12.6. The lowest BCUT2D eigenvalue weighted by Gasteiger charge is -2.22. The lowest BCUT2D eigenvalue weighted by Crippen LogP contribution is -2.36. The monoisotopic (exact) mass is 604 g/mol. The molecule has 0 bridgehead atoms. The Bertz CT molecular complexity index is 1280. The minimum Gasteiger partial charge on any atom is -0.441 e. The molecule has 0 saturated carbocycles. The fraction of sp³-hybridized carbons (Fsp3) is 0.529. The minimum absolute atomic E-state index is 0.0506. The number of ether oxygens (including phenoxy) is 3. The van der Waals surface area contributed by atoms with Crippen LogP contribution in [0.4, 0.5) is 4.79 Å². The number of aliphatic hydroxyl groups excluding tert-OH is 2. The van der Waals surface area contributed by atoms with Gasteiger partial charge in [-0.15, -0.1) is 0 Å². The second-order valence-corrected chi connectivity index (χ2v) is 11.5. The highest BCUT2D eigenvalue weighted by Crippen LogP contribution is 2.28. The first-order valence-electron chi connectivity index (χ1n) is 15.9. The Labute approximate surface area is 261 Å². The predicted octanol–water partition coefficient (Wildman–Crippen LogP) is 2.74. The zero-order valence-electron chi connectivity index (χ0n) is 25.6. The number of carbonyl (C=O) groups excluding carboxylic acids is 2. The Balaban J connectivity index is 1.02. The average molecular weight is 605 g/mol. The van der Waals surface area contributed by atoms with E-state index in [0.29, 0.717) is 32.5 Å². The number of amides is 2. The molecule has 1 heterocycles. The molecule has 5 atom stereocenters. The Kier molecular flexibility index (Phi) is 13.6. The summed E-state index contributed by atoms with van der Waals surface area (Å²) < 4.78 is 17.1. The summed E-state index contributed by atoms with van der Waals surface area (Å²) in [6.07, 6.45) is 4.47. The van der Waals surface area contributed by atoms with E-state index in [9.17, 15) is 19.8 Å². The van der Waals surface area contributed by atoms with Crippen LogP contribution in [-0.4, -0.2) is 80.7 Å². The molecule has 44 heavy (non-hydrogen) atoms. The predicted molar refractivity (Wildman–Crippen MR) is 170 cm³/mol. The maximum atomic E-state index is 12.6. The van der Waals surface area contributed by atoms with Crippen molar-refractivity contribution in [3.05, 3.63) is 70.8 Å². The van der Waals surface area contributed by atoms with Gasteiger partial charge in [-0.3, -0.25) is 4.79 Å². The summed E-state index contributed by atoms with van der Waals surface area (Å²) >= 11 is 0. The van der Waals surface area contributed by atoms with E-state index in [1.807, 2.05) is 56.4 Å². The summed E-state index contributed by atoms with van der Waals surface area (Å²) in [6.45, 7) is 1.46. The van der Waals surface area contributed by atoms with Crippen LogP contribution < -0.4 is 10.6 Å². The normalized spacial score (nSPS) is 22.0. The van der Waals surface area contributed by atoms with Crippen LogP contribution in [0.3, 0.4) is 0 Å². The van der Waals surface area contributed by atoms with Gasteiger partial charge in [0.25, 0.3) is 0 Å². The molecule has 0 radical (unpaired) electrons. The molecule has 4 rings (SSSR count). The number of hydrogen-bond acceptors (Lipinski definition) is 7. The SMILES string of the molecule is B[C@@H]1O[C@H](CO)C(O)[C@@H]1OCCCCCCNC(=O)CCCCCNC(=O)OC1Cc2ccccc2C#Cc2ccccc21. The van der Waals surface area contributed by atoms with Gasteiger partial charge in [0.2, 0.25) is 5.91 Å². The van der Waals surface area contributed by atoms with E-state index in [2.05, 4.69) is 22.5 Å². The first-order chi connectivity index (χ1) is 21.5. The third kappa shape index (κ3) is 10.1. The number of benzene rings is 2. The summed E-state index contributed by atoms with van der Waals surface area (Å²) in [5.74, 6) is 6.51. The largest absolute Gasteiger partial charge is 0.441 e.